The van der Waals surface area contributed by atoms with Crippen LogP contribution in [0.3, 0.4) is 0 Å². The highest BCUT2D eigenvalue weighted by atomic mass is 16.2. The van der Waals surface area contributed by atoms with Crippen LogP contribution >= 0.6 is 0 Å². The van der Waals surface area contributed by atoms with Gasteiger partial charge in [0.05, 0.1) is 23.5 Å². The molecule has 9 N–H and O–H groups in total. The predicted octanol–water partition coefficient (Wildman–Crippen LogP) is 3.43. The third-order valence-corrected chi connectivity index (χ3v) is 5.97. The quantitative estimate of drug-likeness (QED) is 0.144. The molecular formula is C29H32N10O3. The molecule has 42 heavy (non-hydrogen) atoms. The maximum atomic E-state index is 12.9. The highest BCUT2D eigenvalue weighted by Crippen LogP contribution is 2.23. The molecule has 3 aromatic rings. The van der Waals surface area contributed by atoms with Gasteiger partial charge in [-0.15, -0.1) is 0 Å². The summed E-state index contributed by atoms with van der Waals surface area (Å²) in [7, 11) is 1.48. The van der Waals surface area contributed by atoms with E-state index in [4.69, 9.17) is 5.73 Å². The van der Waals surface area contributed by atoms with Gasteiger partial charge in [0.2, 0.25) is 0 Å². The molecule has 0 aromatic heterocycles. The number of nitrogens with two attached hydrogens (primary N) is 1. The van der Waals surface area contributed by atoms with Crippen LogP contribution in [0.4, 0.5) is 32.3 Å². The molecule has 1 aliphatic heterocycles. The van der Waals surface area contributed by atoms with Gasteiger partial charge >= 0.3 is 12.1 Å². The van der Waals surface area contributed by atoms with Gasteiger partial charge < -0.3 is 37.6 Å². The lowest BCUT2D eigenvalue weighted by Crippen LogP contribution is -2.25. The molecule has 0 saturated heterocycles. The molecule has 0 atom stereocenters. The van der Waals surface area contributed by atoms with Gasteiger partial charge in [0.1, 0.15) is 11.7 Å². The van der Waals surface area contributed by atoms with Gasteiger partial charge in [-0.1, -0.05) is 30.8 Å². The van der Waals surface area contributed by atoms with E-state index < -0.39 is 18.0 Å². The molecule has 0 fully saturated rings. The highest BCUT2D eigenvalue weighted by Gasteiger charge is 2.15. The number of rotatable bonds is 9. The Morgan fingerprint density at radius 1 is 0.905 bits per heavy atom. The Balaban J connectivity index is 1.46. The fourth-order valence-corrected chi connectivity index (χ4v) is 4.01. The van der Waals surface area contributed by atoms with Gasteiger partial charge in [-0.2, -0.15) is 5.10 Å². The van der Waals surface area contributed by atoms with E-state index >= 15 is 0 Å². The average Bonchev–Trinajstić information content (AvgIpc) is 3.51. The molecule has 1 heterocycles. The number of urea groups is 2. The maximum absolute atomic E-state index is 12.9. The minimum Gasteiger partial charge on any atom is -0.385 e. The summed E-state index contributed by atoms with van der Waals surface area (Å²) in [6.45, 7) is 6.79. The summed E-state index contributed by atoms with van der Waals surface area (Å²) in [5, 5.41) is 20.8. The van der Waals surface area contributed by atoms with Crippen LogP contribution in [0.5, 0.6) is 0 Å². The molecule has 3 aromatic carbocycles. The molecular weight excluding hydrogens is 536 g/mol. The molecule has 13 nitrogen and oxygen atoms in total. The van der Waals surface area contributed by atoms with Crippen LogP contribution in [0.15, 0.2) is 89.2 Å². The Morgan fingerprint density at radius 2 is 1.57 bits per heavy atom. The van der Waals surface area contributed by atoms with E-state index in [2.05, 4.69) is 54.0 Å². The van der Waals surface area contributed by atoms with Gasteiger partial charge in [-0.05, 0) is 55.0 Å². The third kappa shape index (κ3) is 7.85. The number of amidine groups is 1. The van der Waals surface area contributed by atoms with Crippen molar-refractivity contribution >= 4 is 52.3 Å². The molecule has 0 spiro atoms. The molecule has 0 aliphatic carbocycles. The molecule has 1 aliphatic rings. The number of amides is 5. The number of hydrogen-bond donors (Lipinski definition) is 8. The van der Waals surface area contributed by atoms with Crippen LogP contribution in [-0.2, 0) is 0 Å². The number of carbonyl (C=O) groups excluding carboxylic acids is 3. The summed E-state index contributed by atoms with van der Waals surface area (Å²) in [5.74, 6) is 0.567. The van der Waals surface area contributed by atoms with Crippen molar-refractivity contribution in [3.63, 3.8) is 0 Å². The summed E-state index contributed by atoms with van der Waals surface area (Å²) >= 11 is 0. The van der Waals surface area contributed by atoms with E-state index in [1.807, 2.05) is 24.3 Å². The molecule has 5 amide bonds. The van der Waals surface area contributed by atoms with Gasteiger partial charge in [-0.3, -0.25) is 15.2 Å². The monoisotopic (exact) mass is 568 g/mol. The third-order valence-electron chi connectivity index (χ3n) is 5.97. The van der Waals surface area contributed by atoms with Crippen molar-refractivity contribution in [1.29, 1.82) is 0 Å². The molecule has 0 saturated carbocycles. The van der Waals surface area contributed by atoms with Crippen molar-refractivity contribution in [2.45, 2.75) is 6.92 Å². The Hall–Kier alpha value is -5.85. The van der Waals surface area contributed by atoms with E-state index in [9.17, 15) is 14.4 Å². The summed E-state index contributed by atoms with van der Waals surface area (Å²) in [6.07, 6.45) is 0. The number of anilines is 4. The van der Waals surface area contributed by atoms with E-state index in [1.54, 1.807) is 37.3 Å². The van der Waals surface area contributed by atoms with Crippen molar-refractivity contribution in [3.05, 3.63) is 95.8 Å². The van der Waals surface area contributed by atoms with Crippen molar-refractivity contribution in [2.24, 2.45) is 15.8 Å². The highest BCUT2D eigenvalue weighted by molar-refractivity contribution is 6.09. The van der Waals surface area contributed by atoms with E-state index in [0.29, 0.717) is 29.3 Å². The largest absolute Gasteiger partial charge is 0.385 e. The standard InChI is InChI=1S/C29H32N10O3/c1-17(38-39-18(2)30)19-6-4-8-21(14-19)35-29(42)37-25-16-23(10-11-24(25)27(40)31-3)36-28(41)34-22-9-5-7-20(15-22)26-32-12-13-33-26/h4-11,14-16,39H,2,12-13,30H2,1,3H3,(H,31,40)(H,32,33)(H2,34,36,41)(H2,35,37,42)/b38-17+. The first-order chi connectivity index (χ1) is 20.2. The number of benzene rings is 3. The van der Waals surface area contributed by atoms with Crippen LogP contribution in [-0.4, -0.2) is 49.7 Å². The lowest BCUT2D eigenvalue weighted by molar-refractivity contribution is 0.0964. The zero-order valence-electron chi connectivity index (χ0n) is 23.2. The summed E-state index contributed by atoms with van der Waals surface area (Å²) in [4.78, 5) is 42.6. The molecule has 0 unspecified atom stereocenters. The minimum atomic E-state index is -0.595. The molecule has 216 valence electrons. The zero-order chi connectivity index (χ0) is 30.1. The Kier molecular flexibility index (Phi) is 9.35. The smallest absolute Gasteiger partial charge is 0.323 e. The number of aliphatic imine (C=N–C) groups is 1. The first-order valence-corrected chi connectivity index (χ1v) is 13.0. The molecule has 4 rings (SSSR count). The second kappa shape index (κ2) is 13.5. The number of nitrogens with one attached hydrogen (secondary N) is 7. The number of hydrogen-bond acceptors (Lipinski definition) is 8. The lowest BCUT2D eigenvalue weighted by Gasteiger charge is -2.15. The number of nitrogens with zero attached hydrogens (tertiary/aromatic N) is 2. The Morgan fingerprint density at radius 3 is 2.24 bits per heavy atom. The van der Waals surface area contributed by atoms with Crippen molar-refractivity contribution in [2.75, 3.05) is 41.4 Å². The van der Waals surface area contributed by atoms with Crippen LogP contribution in [0.2, 0.25) is 0 Å². The minimum absolute atomic E-state index is 0.191. The van der Waals surface area contributed by atoms with E-state index in [1.165, 1.54) is 19.2 Å². The second-order valence-corrected chi connectivity index (χ2v) is 9.15. The number of carbonyl (C=O) groups is 3. The van der Waals surface area contributed by atoms with Crippen LogP contribution in [0.25, 0.3) is 0 Å². The average molecular weight is 569 g/mol. The van der Waals surface area contributed by atoms with Gasteiger partial charge in [0.25, 0.3) is 5.91 Å². The van der Waals surface area contributed by atoms with Crippen molar-refractivity contribution in [3.8, 4) is 0 Å². The predicted molar refractivity (Wildman–Crippen MR) is 166 cm³/mol. The summed E-state index contributed by atoms with van der Waals surface area (Å²) in [6, 6.07) is 17.8. The maximum Gasteiger partial charge on any atom is 0.323 e. The van der Waals surface area contributed by atoms with E-state index in [0.717, 1.165) is 23.5 Å². The van der Waals surface area contributed by atoms with Crippen LogP contribution < -0.4 is 43.1 Å². The summed E-state index contributed by atoms with van der Waals surface area (Å²) < 4.78 is 0. The van der Waals surface area contributed by atoms with Gasteiger partial charge in [0, 0.05) is 36.2 Å². The molecule has 13 heteroatoms. The normalized spacial score (nSPS) is 12.3. The SMILES string of the molecule is C=C(N)N/N=C(\C)c1cccc(NC(=O)Nc2cc(NC(=O)Nc3cccc(C4=NCCN4)c3)ccc2C(=O)NC)c1. The first-order valence-electron chi connectivity index (χ1n) is 13.0. The van der Waals surface area contributed by atoms with Crippen LogP contribution in [0.1, 0.15) is 28.4 Å². The van der Waals surface area contributed by atoms with E-state index in [-0.39, 0.29) is 17.1 Å². The van der Waals surface area contributed by atoms with Crippen molar-refractivity contribution in [1.82, 2.24) is 16.1 Å². The molecule has 0 bridgehead atoms. The van der Waals surface area contributed by atoms with Crippen molar-refractivity contribution < 1.29 is 14.4 Å². The Bertz CT molecular complexity index is 1580. The van der Waals surface area contributed by atoms with Gasteiger partial charge in [-0.25, -0.2) is 9.59 Å². The Labute approximate surface area is 242 Å². The van der Waals surface area contributed by atoms with Crippen LogP contribution in [0, 0.1) is 0 Å². The molecule has 0 radical (unpaired) electrons. The summed E-state index contributed by atoms with van der Waals surface area (Å²) in [5.41, 5.74) is 12.1. The number of hydrazone groups is 1. The fourth-order valence-electron chi connectivity index (χ4n) is 4.01. The fraction of sp³-hybridized carbons (Fsp3) is 0.138. The lowest BCUT2D eigenvalue weighted by atomic mass is 10.1. The first kappa shape index (κ1) is 29.1. The van der Waals surface area contributed by atoms with Gasteiger partial charge in [0.15, 0.2) is 0 Å². The second-order valence-electron chi connectivity index (χ2n) is 9.15. The zero-order valence-corrected chi connectivity index (χ0v) is 23.2. The topological polar surface area (TPSA) is 186 Å².